The Morgan fingerprint density at radius 1 is 1.29 bits per heavy atom. The second kappa shape index (κ2) is 5.10. The van der Waals surface area contributed by atoms with E-state index in [1.165, 1.54) is 4.90 Å². The quantitative estimate of drug-likeness (QED) is 0.779. The number of hydrogen-bond acceptors (Lipinski definition) is 2. The summed E-state index contributed by atoms with van der Waals surface area (Å²) in [6, 6.07) is 0.0460. The highest BCUT2D eigenvalue weighted by Crippen LogP contribution is 2.27. The number of halogens is 4. The average Bonchev–Trinajstić information content (AvgIpc) is 2.15. The predicted octanol–water partition coefficient (Wildman–Crippen LogP) is 2.21. The first-order valence-corrected chi connectivity index (χ1v) is 5.74. The van der Waals surface area contributed by atoms with Gasteiger partial charge in [0.25, 0.3) is 0 Å². The second-order valence-corrected chi connectivity index (χ2v) is 5.67. The van der Waals surface area contributed by atoms with Gasteiger partial charge in [0.15, 0.2) is 0 Å². The van der Waals surface area contributed by atoms with Gasteiger partial charge in [0.05, 0.1) is 6.54 Å². The molecular weight excluding hydrogens is 236 g/mol. The molecule has 1 heterocycles. The van der Waals surface area contributed by atoms with Gasteiger partial charge in [0, 0.05) is 25.7 Å². The average molecular weight is 256 g/mol. The molecule has 0 aromatic carbocycles. The summed E-state index contributed by atoms with van der Waals surface area (Å²) in [6.07, 6.45) is -3.59. The lowest BCUT2D eigenvalue weighted by Gasteiger charge is -2.41. The van der Waals surface area contributed by atoms with Crippen molar-refractivity contribution in [2.75, 3.05) is 26.2 Å². The van der Waals surface area contributed by atoms with Crippen molar-refractivity contribution in [2.45, 2.75) is 39.2 Å². The molecule has 1 fully saturated rings. The monoisotopic (exact) mass is 256 g/mol. The predicted molar refractivity (Wildman–Crippen MR) is 58.6 cm³/mol. The maximum atomic E-state index is 12.9. The summed E-state index contributed by atoms with van der Waals surface area (Å²) in [5.41, 5.74) is -0.0706. The minimum Gasteiger partial charge on any atom is -0.311 e. The summed E-state index contributed by atoms with van der Waals surface area (Å²) >= 11 is 0. The van der Waals surface area contributed by atoms with Gasteiger partial charge in [0.1, 0.15) is 0 Å². The fraction of sp³-hybridized carbons (Fsp3) is 1.00. The molecule has 0 aromatic rings. The highest BCUT2D eigenvalue weighted by Gasteiger charge is 2.43. The van der Waals surface area contributed by atoms with Crippen molar-refractivity contribution in [3.8, 4) is 0 Å². The first kappa shape index (κ1) is 14.7. The number of alkyl halides is 4. The van der Waals surface area contributed by atoms with Crippen LogP contribution in [0.3, 0.4) is 0 Å². The molecule has 1 N–H and O–H groups in total. The lowest BCUT2D eigenvalue weighted by atomic mass is 9.85. The van der Waals surface area contributed by atoms with Gasteiger partial charge in [0.2, 0.25) is 0 Å². The summed E-state index contributed by atoms with van der Waals surface area (Å²) in [6.45, 7) is 6.46. The van der Waals surface area contributed by atoms with Crippen LogP contribution in [0.15, 0.2) is 0 Å². The van der Waals surface area contributed by atoms with Crippen LogP contribution in [0, 0.1) is 5.41 Å². The molecule has 0 spiro atoms. The molecule has 1 atom stereocenters. The van der Waals surface area contributed by atoms with Crippen LogP contribution in [0.5, 0.6) is 0 Å². The second-order valence-electron chi connectivity index (χ2n) is 5.67. The Labute approximate surface area is 99.4 Å². The van der Waals surface area contributed by atoms with E-state index in [0.29, 0.717) is 19.6 Å². The van der Waals surface area contributed by atoms with E-state index >= 15 is 0 Å². The zero-order valence-corrected chi connectivity index (χ0v) is 10.4. The van der Waals surface area contributed by atoms with Crippen LogP contribution in [0.1, 0.15) is 20.8 Å². The lowest BCUT2D eigenvalue weighted by Crippen LogP contribution is -2.58. The summed E-state index contributed by atoms with van der Waals surface area (Å²) in [4.78, 5) is 1.42. The summed E-state index contributed by atoms with van der Waals surface area (Å²) in [5, 5.41) is 3.23. The Balaban J connectivity index is 2.56. The Kier molecular flexibility index (Phi) is 4.41. The van der Waals surface area contributed by atoms with Crippen LogP contribution < -0.4 is 5.32 Å². The normalized spacial score (nSPS) is 24.4. The van der Waals surface area contributed by atoms with Crippen LogP contribution in [0.25, 0.3) is 0 Å². The number of piperazine rings is 1. The van der Waals surface area contributed by atoms with Gasteiger partial charge in [-0.3, -0.25) is 4.90 Å². The topological polar surface area (TPSA) is 15.3 Å². The summed E-state index contributed by atoms with van der Waals surface area (Å²) < 4.78 is 50.1. The molecule has 102 valence electrons. The molecule has 6 heteroatoms. The smallest absolute Gasteiger partial charge is 0.311 e. The zero-order valence-electron chi connectivity index (χ0n) is 10.4. The van der Waals surface area contributed by atoms with Crippen LogP contribution in [-0.2, 0) is 0 Å². The fourth-order valence-corrected chi connectivity index (χ4v) is 1.90. The molecule has 1 aliphatic heterocycles. The van der Waals surface area contributed by atoms with Crippen molar-refractivity contribution in [1.29, 1.82) is 0 Å². The van der Waals surface area contributed by atoms with E-state index in [-0.39, 0.29) is 11.5 Å². The molecule has 1 saturated heterocycles. The van der Waals surface area contributed by atoms with E-state index in [1.807, 2.05) is 20.8 Å². The number of nitrogens with zero attached hydrogens (tertiary/aromatic N) is 1. The third-order valence-electron chi connectivity index (χ3n) is 3.06. The molecule has 0 amide bonds. The standard InChI is InChI=1S/C11H20F4N2/c1-10(2,3)8-6-17(5-4-16-8)7-11(14,15)9(12)13/h8-9,16H,4-7H2,1-3H3. The van der Waals surface area contributed by atoms with Crippen LogP contribution in [0.4, 0.5) is 17.6 Å². The van der Waals surface area contributed by atoms with E-state index in [1.54, 1.807) is 0 Å². The van der Waals surface area contributed by atoms with Gasteiger partial charge in [-0.15, -0.1) is 0 Å². The van der Waals surface area contributed by atoms with Gasteiger partial charge in [-0.2, -0.15) is 8.78 Å². The molecule has 0 bridgehead atoms. The van der Waals surface area contributed by atoms with Gasteiger partial charge in [-0.1, -0.05) is 20.8 Å². The molecule has 0 saturated carbocycles. The van der Waals surface area contributed by atoms with Gasteiger partial charge in [-0.05, 0) is 5.41 Å². The van der Waals surface area contributed by atoms with Crippen molar-refractivity contribution < 1.29 is 17.6 Å². The lowest BCUT2D eigenvalue weighted by molar-refractivity contribution is -0.145. The SMILES string of the molecule is CC(C)(C)C1CN(CC(F)(F)C(F)F)CCN1. The number of hydrogen-bond donors (Lipinski definition) is 1. The summed E-state index contributed by atoms with van der Waals surface area (Å²) in [5.74, 6) is -3.92. The molecule has 0 aliphatic carbocycles. The van der Waals surface area contributed by atoms with Gasteiger partial charge in [-0.25, -0.2) is 8.78 Å². The van der Waals surface area contributed by atoms with Gasteiger partial charge >= 0.3 is 12.3 Å². The van der Waals surface area contributed by atoms with Crippen LogP contribution >= 0.6 is 0 Å². The van der Waals surface area contributed by atoms with Crippen molar-refractivity contribution in [3.63, 3.8) is 0 Å². The molecule has 0 aromatic heterocycles. The zero-order chi connectivity index (χ0) is 13.3. The minimum atomic E-state index is -3.92. The highest BCUT2D eigenvalue weighted by atomic mass is 19.3. The molecule has 0 radical (unpaired) electrons. The first-order valence-electron chi connectivity index (χ1n) is 5.74. The maximum absolute atomic E-state index is 12.9. The van der Waals surface area contributed by atoms with Crippen molar-refractivity contribution in [1.82, 2.24) is 10.2 Å². The van der Waals surface area contributed by atoms with Crippen LogP contribution in [-0.4, -0.2) is 49.5 Å². The van der Waals surface area contributed by atoms with E-state index < -0.39 is 18.9 Å². The molecule has 17 heavy (non-hydrogen) atoms. The van der Waals surface area contributed by atoms with E-state index in [9.17, 15) is 17.6 Å². The molecule has 1 unspecified atom stereocenters. The maximum Gasteiger partial charge on any atom is 0.319 e. The number of rotatable bonds is 3. The minimum absolute atomic E-state index is 0.0460. The van der Waals surface area contributed by atoms with E-state index in [2.05, 4.69) is 5.32 Å². The Bertz CT molecular complexity index is 250. The number of nitrogens with one attached hydrogen (secondary N) is 1. The van der Waals surface area contributed by atoms with E-state index in [4.69, 9.17) is 0 Å². The third kappa shape index (κ3) is 4.10. The Hall–Kier alpha value is -0.360. The van der Waals surface area contributed by atoms with Crippen molar-refractivity contribution in [3.05, 3.63) is 0 Å². The first-order chi connectivity index (χ1) is 7.63. The summed E-state index contributed by atoms with van der Waals surface area (Å²) in [7, 11) is 0. The van der Waals surface area contributed by atoms with Crippen LogP contribution in [0.2, 0.25) is 0 Å². The van der Waals surface area contributed by atoms with Crippen molar-refractivity contribution >= 4 is 0 Å². The molecule has 2 nitrogen and oxygen atoms in total. The largest absolute Gasteiger partial charge is 0.319 e. The Morgan fingerprint density at radius 2 is 1.88 bits per heavy atom. The molecular formula is C11H20F4N2. The third-order valence-corrected chi connectivity index (χ3v) is 3.06. The molecule has 1 rings (SSSR count). The highest BCUT2D eigenvalue weighted by molar-refractivity contribution is 4.89. The van der Waals surface area contributed by atoms with Gasteiger partial charge < -0.3 is 5.32 Å². The fourth-order valence-electron chi connectivity index (χ4n) is 1.90. The van der Waals surface area contributed by atoms with Crippen molar-refractivity contribution in [2.24, 2.45) is 5.41 Å². The Morgan fingerprint density at radius 3 is 2.35 bits per heavy atom. The molecule has 1 aliphatic rings. The van der Waals surface area contributed by atoms with E-state index in [0.717, 1.165) is 0 Å².